The summed E-state index contributed by atoms with van der Waals surface area (Å²) in [4.78, 5) is 46.4. The predicted octanol–water partition coefficient (Wildman–Crippen LogP) is 4.21. The van der Waals surface area contributed by atoms with Gasteiger partial charge in [-0.15, -0.1) is 0 Å². The fraction of sp³-hybridized carbons (Fsp3) is 0.0588. The van der Waals surface area contributed by atoms with Crippen molar-refractivity contribution in [2.45, 2.75) is 6.54 Å². The summed E-state index contributed by atoms with van der Waals surface area (Å²) in [6, 6.07) is 8.03. The van der Waals surface area contributed by atoms with E-state index < -0.39 is 32.4 Å². The van der Waals surface area contributed by atoms with Crippen molar-refractivity contribution in [3.63, 3.8) is 0 Å². The van der Waals surface area contributed by atoms with Gasteiger partial charge in [-0.25, -0.2) is 0 Å². The molecule has 10 nitrogen and oxygen atoms in total. The van der Waals surface area contributed by atoms with Gasteiger partial charge in [0.05, 0.1) is 25.8 Å². The average Bonchev–Trinajstić information content (AvgIpc) is 2.92. The first-order valence-corrected chi connectivity index (χ1v) is 9.44. The van der Waals surface area contributed by atoms with Gasteiger partial charge in [0.2, 0.25) is 5.75 Å². The van der Waals surface area contributed by atoms with Crippen LogP contribution in [-0.2, 0) is 11.3 Å². The summed E-state index contributed by atoms with van der Waals surface area (Å²) in [5.41, 5.74) is -0.0688. The van der Waals surface area contributed by atoms with Crippen LogP contribution in [-0.4, -0.2) is 31.0 Å². The monoisotopic (exact) mass is 479 g/mol. The molecule has 0 radical (unpaired) electrons. The maximum absolute atomic E-state index is 12.6. The minimum absolute atomic E-state index is 0.0346. The molecule has 0 atom stereocenters. The standard InChI is InChI=1S/C17H10BrN3O7S/c18-12-5-10(6-13(15(12)22)21(27)28)7-14-16(23)19(17(24)29-14)8-9-2-1-3-11(4-9)20(25)26/h1-7,22H,8H2. The number of carbonyl (C=O) groups is 2. The van der Waals surface area contributed by atoms with E-state index in [1.54, 1.807) is 6.07 Å². The number of phenolic OH excluding ortho intramolecular Hbond substituents is 1. The average molecular weight is 480 g/mol. The van der Waals surface area contributed by atoms with E-state index in [4.69, 9.17) is 0 Å². The Hall–Kier alpha value is -3.25. The Morgan fingerprint density at radius 1 is 1.14 bits per heavy atom. The van der Waals surface area contributed by atoms with Crippen molar-refractivity contribution in [1.82, 2.24) is 4.90 Å². The van der Waals surface area contributed by atoms with E-state index in [1.807, 2.05) is 0 Å². The van der Waals surface area contributed by atoms with Crippen molar-refractivity contribution in [3.05, 3.63) is 77.1 Å². The number of carbonyl (C=O) groups excluding carboxylic acids is 2. The van der Waals surface area contributed by atoms with Gasteiger partial charge < -0.3 is 5.11 Å². The highest BCUT2D eigenvalue weighted by Gasteiger charge is 2.35. The maximum atomic E-state index is 12.6. The lowest BCUT2D eigenvalue weighted by atomic mass is 10.1. The Kier molecular flexibility index (Phi) is 5.66. The Bertz CT molecular complexity index is 1100. The van der Waals surface area contributed by atoms with Gasteiger partial charge in [0.15, 0.2) is 0 Å². The molecule has 0 saturated carbocycles. The molecule has 1 heterocycles. The SMILES string of the molecule is O=C1SC(=Cc2cc(Br)c(O)c([N+](=O)[O-])c2)C(=O)N1Cc1cccc([N+](=O)[O-])c1. The lowest BCUT2D eigenvalue weighted by Crippen LogP contribution is -2.27. The lowest BCUT2D eigenvalue weighted by molar-refractivity contribution is -0.386. The minimum Gasteiger partial charge on any atom is -0.501 e. The summed E-state index contributed by atoms with van der Waals surface area (Å²) in [6.07, 6.45) is 1.30. The summed E-state index contributed by atoms with van der Waals surface area (Å²) in [5.74, 6) is -1.18. The van der Waals surface area contributed by atoms with Crippen LogP contribution in [0.5, 0.6) is 5.75 Å². The zero-order chi connectivity index (χ0) is 21.3. The van der Waals surface area contributed by atoms with Gasteiger partial charge in [-0.2, -0.15) is 0 Å². The molecule has 2 amide bonds. The Balaban J connectivity index is 1.88. The summed E-state index contributed by atoms with van der Waals surface area (Å²) < 4.78 is 0.0637. The number of phenols is 1. The Morgan fingerprint density at radius 3 is 2.52 bits per heavy atom. The number of amides is 2. The van der Waals surface area contributed by atoms with Crippen LogP contribution in [0.25, 0.3) is 6.08 Å². The second-order valence-corrected chi connectivity index (χ2v) is 7.67. The van der Waals surface area contributed by atoms with E-state index in [1.165, 1.54) is 30.3 Å². The second kappa shape index (κ2) is 8.01. The van der Waals surface area contributed by atoms with Gasteiger partial charge in [-0.05, 0) is 51.0 Å². The normalized spacial score (nSPS) is 15.2. The van der Waals surface area contributed by atoms with Crippen LogP contribution < -0.4 is 0 Å². The molecular weight excluding hydrogens is 470 g/mol. The van der Waals surface area contributed by atoms with Crippen LogP contribution in [0.2, 0.25) is 0 Å². The third-order valence-electron chi connectivity index (χ3n) is 3.90. The zero-order valence-corrected chi connectivity index (χ0v) is 16.7. The van der Waals surface area contributed by atoms with E-state index in [9.17, 15) is 34.9 Å². The molecule has 0 aliphatic carbocycles. The van der Waals surface area contributed by atoms with Gasteiger partial charge in [0.25, 0.3) is 16.8 Å². The number of thioether (sulfide) groups is 1. The van der Waals surface area contributed by atoms with Crippen molar-refractivity contribution in [3.8, 4) is 5.75 Å². The van der Waals surface area contributed by atoms with Gasteiger partial charge >= 0.3 is 5.69 Å². The fourth-order valence-electron chi connectivity index (χ4n) is 2.57. The maximum Gasteiger partial charge on any atom is 0.312 e. The van der Waals surface area contributed by atoms with Gasteiger partial charge in [-0.3, -0.25) is 34.7 Å². The molecule has 0 aromatic heterocycles. The number of nitro groups is 2. The summed E-state index contributed by atoms with van der Waals surface area (Å²) in [6.45, 7) is -0.150. The number of imide groups is 1. The van der Waals surface area contributed by atoms with Crippen molar-refractivity contribution in [2.75, 3.05) is 0 Å². The number of hydrogen-bond donors (Lipinski definition) is 1. The topological polar surface area (TPSA) is 144 Å². The molecule has 3 rings (SSSR count). The van der Waals surface area contributed by atoms with Gasteiger partial charge in [0, 0.05) is 18.2 Å². The number of benzene rings is 2. The van der Waals surface area contributed by atoms with Crippen molar-refractivity contribution < 1.29 is 24.5 Å². The third kappa shape index (κ3) is 4.27. The summed E-state index contributed by atoms with van der Waals surface area (Å²) in [5, 5.41) is 31.1. The number of non-ortho nitro benzene ring substituents is 1. The molecule has 29 heavy (non-hydrogen) atoms. The van der Waals surface area contributed by atoms with E-state index in [0.29, 0.717) is 17.3 Å². The van der Waals surface area contributed by atoms with E-state index in [2.05, 4.69) is 15.9 Å². The largest absolute Gasteiger partial charge is 0.501 e. The highest BCUT2D eigenvalue weighted by atomic mass is 79.9. The van der Waals surface area contributed by atoms with Crippen molar-refractivity contribution in [1.29, 1.82) is 0 Å². The first kappa shape index (κ1) is 20.5. The predicted molar refractivity (Wildman–Crippen MR) is 107 cm³/mol. The molecule has 1 saturated heterocycles. The number of hydrogen-bond acceptors (Lipinski definition) is 8. The molecule has 1 aliphatic rings. The molecule has 1 N–H and O–H groups in total. The molecule has 0 spiro atoms. The molecule has 1 fully saturated rings. The summed E-state index contributed by atoms with van der Waals surface area (Å²) in [7, 11) is 0. The first-order chi connectivity index (χ1) is 13.7. The summed E-state index contributed by atoms with van der Waals surface area (Å²) >= 11 is 3.66. The van der Waals surface area contributed by atoms with Crippen molar-refractivity contribution >= 4 is 56.3 Å². The quantitative estimate of drug-likeness (QED) is 0.381. The number of aromatic hydroxyl groups is 1. The number of nitrogens with zero attached hydrogens (tertiary/aromatic N) is 3. The van der Waals surface area contributed by atoms with Crippen molar-refractivity contribution in [2.24, 2.45) is 0 Å². The van der Waals surface area contributed by atoms with Crippen LogP contribution in [0, 0.1) is 20.2 Å². The van der Waals surface area contributed by atoms with E-state index in [-0.39, 0.29) is 27.2 Å². The molecule has 0 bridgehead atoms. The van der Waals surface area contributed by atoms with Crippen LogP contribution >= 0.6 is 27.7 Å². The van der Waals surface area contributed by atoms with E-state index >= 15 is 0 Å². The second-order valence-electron chi connectivity index (χ2n) is 5.82. The van der Waals surface area contributed by atoms with Crippen LogP contribution in [0.15, 0.2) is 45.8 Å². The number of halogens is 1. The Morgan fingerprint density at radius 2 is 1.86 bits per heavy atom. The number of rotatable bonds is 5. The molecule has 148 valence electrons. The molecule has 2 aromatic carbocycles. The third-order valence-corrected chi connectivity index (χ3v) is 5.41. The van der Waals surface area contributed by atoms with Gasteiger partial charge in [0.1, 0.15) is 0 Å². The minimum atomic E-state index is -0.772. The molecule has 1 aliphatic heterocycles. The van der Waals surface area contributed by atoms with E-state index in [0.717, 1.165) is 11.0 Å². The Labute approximate surface area is 175 Å². The highest BCUT2D eigenvalue weighted by molar-refractivity contribution is 9.10. The zero-order valence-electron chi connectivity index (χ0n) is 14.3. The molecule has 12 heteroatoms. The smallest absolute Gasteiger partial charge is 0.312 e. The highest BCUT2D eigenvalue weighted by Crippen LogP contribution is 2.38. The van der Waals surface area contributed by atoms with Crippen LogP contribution in [0.1, 0.15) is 11.1 Å². The van der Waals surface area contributed by atoms with Crippen LogP contribution in [0.3, 0.4) is 0 Å². The lowest BCUT2D eigenvalue weighted by Gasteiger charge is -2.12. The fourth-order valence-corrected chi connectivity index (χ4v) is 3.87. The van der Waals surface area contributed by atoms with Crippen LogP contribution in [0.4, 0.5) is 16.2 Å². The number of nitro benzene ring substituents is 2. The molecular formula is C17H10BrN3O7S. The first-order valence-electron chi connectivity index (χ1n) is 7.83. The molecule has 0 unspecified atom stereocenters. The molecule has 2 aromatic rings. The van der Waals surface area contributed by atoms with Gasteiger partial charge in [-0.1, -0.05) is 12.1 Å².